The molecule has 2 aromatic carbocycles. The molecular weight excluding hydrogens is 247 g/mol. The van der Waals surface area contributed by atoms with Crippen LogP contribution in [-0.4, -0.2) is 11.1 Å². The molecule has 0 aromatic heterocycles. The van der Waals surface area contributed by atoms with Gasteiger partial charge in [-0.3, -0.25) is 0 Å². The van der Waals surface area contributed by atoms with Crippen LogP contribution in [0.2, 0.25) is 0 Å². The number of carbonyl (C=O) groups is 1. The number of benzene rings is 2. The number of aliphatic hydroxyl groups is 1. The van der Waals surface area contributed by atoms with Gasteiger partial charge in [-0.2, -0.15) is 0 Å². The largest absolute Gasteiger partial charge is 0.425 e. The molecule has 1 atom stereocenters. The fraction of sp³-hybridized carbons (Fsp3) is 0.133. The summed E-state index contributed by atoms with van der Waals surface area (Å²) in [6.07, 6.45) is 0.153. The van der Waals surface area contributed by atoms with Crippen molar-refractivity contribution < 1.29 is 19.0 Å². The maximum atomic E-state index is 12.9. The minimum Gasteiger partial charge on any atom is -0.425 e. The van der Waals surface area contributed by atoms with E-state index in [0.29, 0.717) is 16.7 Å². The van der Waals surface area contributed by atoms with Gasteiger partial charge in [-0.25, -0.2) is 9.18 Å². The number of cyclic esters (lactones) is 1. The first kappa shape index (κ1) is 11.9. The van der Waals surface area contributed by atoms with Crippen molar-refractivity contribution in [2.75, 3.05) is 0 Å². The van der Waals surface area contributed by atoms with Crippen molar-refractivity contribution in [1.82, 2.24) is 0 Å². The molecule has 0 fully saturated rings. The molecule has 1 N–H and O–H groups in total. The summed E-state index contributed by atoms with van der Waals surface area (Å²) < 4.78 is 18.0. The maximum Gasteiger partial charge on any atom is 0.341 e. The molecule has 19 heavy (non-hydrogen) atoms. The van der Waals surface area contributed by atoms with Crippen LogP contribution in [0.15, 0.2) is 48.5 Å². The summed E-state index contributed by atoms with van der Waals surface area (Å²) in [5, 5.41) is 10.5. The third-order valence-electron chi connectivity index (χ3n) is 3.22. The Labute approximate surface area is 109 Å². The molecule has 0 aliphatic carbocycles. The van der Waals surface area contributed by atoms with Gasteiger partial charge >= 0.3 is 5.97 Å². The summed E-state index contributed by atoms with van der Waals surface area (Å²) in [6, 6.07) is 12.2. The quantitative estimate of drug-likeness (QED) is 0.799. The number of rotatable bonds is 1. The van der Waals surface area contributed by atoms with E-state index in [1.807, 2.05) is 0 Å². The highest BCUT2D eigenvalue weighted by molar-refractivity contribution is 5.92. The molecule has 3 rings (SSSR count). The van der Waals surface area contributed by atoms with Crippen LogP contribution in [0.25, 0.3) is 0 Å². The van der Waals surface area contributed by atoms with Crippen molar-refractivity contribution in [2.45, 2.75) is 12.2 Å². The summed E-state index contributed by atoms with van der Waals surface area (Å²) in [4.78, 5) is 11.9. The lowest BCUT2D eigenvalue weighted by atomic mass is 9.92. The first-order valence-electron chi connectivity index (χ1n) is 5.88. The van der Waals surface area contributed by atoms with Crippen LogP contribution >= 0.6 is 0 Å². The first-order chi connectivity index (χ1) is 9.08. The average Bonchev–Trinajstić information content (AvgIpc) is 2.39. The maximum absolute atomic E-state index is 12.9. The van der Waals surface area contributed by atoms with Gasteiger partial charge in [0.2, 0.25) is 5.79 Å². The Balaban J connectivity index is 2.04. The number of fused-ring (bicyclic) bond motifs is 1. The van der Waals surface area contributed by atoms with Crippen molar-refractivity contribution in [3.63, 3.8) is 0 Å². The third kappa shape index (κ3) is 2.00. The molecule has 0 spiro atoms. The van der Waals surface area contributed by atoms with Gasteiger partial charge < -0.3 is 9.84 Å². The van der Waals surface area contributed by atoms with Crippen molar-refractivity contribution in [3.05, 3.63) is 71.0 Å². The highest BCUT2D eigenvalue weighted by atomic mass is 19.1. The number of carbonyl (C=O) groups excluding carboxylic acids is 1. The molecule has 96 valence electrons. The van der Waals surface area contributed by atoms with E-state index in [0.717, 1.165) is 0 Å². The minimum absolute atomic E-state index is 0.153. The Morgan fingerprint density at radius 2 is 1.79 bits per heavy atom. The van der Waals surface area contributed by atoms with E-state index in [1.165, 1.54) is 24.3 Å². The second kappa shape index (κ2) is 4.17. The molecule has 0 amide bonds. The Morgan fingerprint density at radius 1 is 1.11 bits per heavy atom. The van der Waals surface area contributed by atoms with Gasteiger partial charge in [0.15, 0.2) is 0 Å². The van der Waals surface area contributed by atoms with Gasteiger partial charge in [-0.1, -0.05) is 18.2 Å². The summed E-state index contributed by atoms with van der Waals surface area (Å²) >= 11 is 0. The average molecular weight is 258 g/mol. The van der Waals surface area contributed by atoms with Crippen LogP contribution in [0.3, 0.4) is 0 Å². The first-order valence-corrected chi connectivity index (χ1v) is 5.88. The molecule has 0 bridgehead atoms. The van der Waals surface area contributed by atoms with Crippen LogP contribution in [0.5, 0.6) is 0 Å². The van der Waals surface area contributed by atoms with Crippen LogP contribution in [0.4, 0.5) is 4.39 Å². The highest BCUT2D eigenvalue weighted by Gasteiger charge is 2.39. The van der Waals surface area contributed by atoms with Gasteiger partial charge in [0.1, 0.15) is 5.82 Å². The second-order valence-corrected chi connectivity index (χ2v) is 4.51. The molecule has 1 unspecified atom stereocenters. The molecule has 4 heteroatoms. The smallest absolute Gasteiger partial charge is 0.341 e. The molecule has 1 aliphatic heterocycles. The summed E-state index contributed by atoms with van der Waals surface area (Å²) in [5.41, 5.74) is 1.52. The SMILES string of the molecule is O=C1OC(O)(c2ccc(F)cc2)Cc2ccccc21. The zero-order valence-corrected chi connectivity index (χ0v) is 9.97. The van der Waals surface area contributed by atoms with Gasteiger partial charge in [0, 0.05) is 12.0 Å². The molecule has 2 aromatic rings. The van der Waals surface area contributed by atoms with E-state index in [2.05, 4.69) is 0 Å². The topological polar surface area (TPSA) is 46.5 Å². The van der Waals surface area contributed by atoms with E-state index in [1.54, 1.807) is 24.3 Å². The zero-order chi connectivity index (χ0) is 13.5. The second-order valence-electron chi connectivity index (χ2n) is 4.51. The lowest BCUT2D eigenvalue weighted by Crippen LogP contribution is -2.39. The fourth-order valence-corrected chi connectivity index (χ4v) is 2.25. The number of ether oxygens (including phenoxy) is 1. The lowest BCUT2D eigenvalue weighted by molar-refractivity contribution is -0.177. The van der Waals surface area contributed by atoms with E-state index in [-0.39, 0.29) is 6.42 Å². The third-order valence-corrected chi connectivity index (χ3v) is 3.22. The van der Waals surface area contributed by atoms with E-state index < -0.39 is 17.6 Å². The number of hydrogen-bond acceptors (Lipinski definition) is 3. The van der Waals surface area contributed by atoms with E-state index in [4.69, 9.17) is 4.74 Å². The van der Waals surface area contributed by atoms with Crippen molar-refractivity contribution in [3.8, 4) is 0 Å². The zero-order valence-electron chi connectivity index (χ0n) is 9.97. The van der Waals surface area contributed by atoms with Crippen molar-refractivity contribution in [1.29, 1.82) is 0 Å². The Bertz CT molecular complexity index is 636. The molecule has 3 nitrogen and oxygen atoms in total. The summed E-state index contributed by atoms with van der Waals surface area (Å²) in [7, 11) is 0. The molecule has 1 aliphatic rings. The highest BCUT2D eigenvalue weighted by Crippen LogP contribution is 2.34. The standard InChI is InChI=1S/C15H11FO3/c16-12-7-5-11(6-8-12)15(18)9-10-3-1-2-4-13(10)14(17)19-15/h1-8,18H,9H2. The number of halogens is 1. The van der Waals surface area contributed by atoms with Gasteiger partial charge in [-0.15, -0.1) is 0 Å². The van der Waals surface area contributed by atoms with E-state index in [9.17, 15) is 14.3 Å². The van der Waals surface area contributed by atoms with Crippen molar-refractivity contribution in [2.24, 2.45) is 0 Å². The summed E-state index contributed by atoms with van der Waals surface area (Å²) in [6.45, 7) is 0. The molecule has 0 saturated heterocycles. The van der Waals surface area contributed by atoms with Crippen LogP contribution in [-0.2, 0) is 16.9 Å². The molecule has 1 heterocycles. The Morgan fingerprint density at radius 3 is 2.53 bits per heavy atom. The van der Waals surface area contributed by atoms with Gasteiger partial charge in [0.05, 0.1) is 5.56 Å². The predicted octanol–water partition coefficient (Wildman–Crippen LogP) is 2.38. The normalized spacial score (nSPS) is 21.7. The number of esters is 1. The lowest BCUT2D eigenvalue weighted by Gasteiger charge is -2.33. The predicted molar refractivity (Wildman–Crippen MR) is 65.9 cm³/mol. The molecular formula is C15H11FO3. The van der Waals surface area contributed by atoms with Crippen LogP contribution in [0, 0.1) is 5.82 Å². The van der Waals surface area contributed by atoms with Gasteiger partial charge in [0.25, 0.3) is 0 Å². The van der Waals surface area contributed by atoms with Crippen LogP contribution in [0.1, 0.15) is 21.5 Å². The monoisotopic (exact) mass is 258 g/mol. The van der Waals surface area contributed by atoms with Crippen LogP contribution < -0.4 is 0 Å². The fourth-order valence-electron chi connectivity index (χ4n) is 2.25. The molecule has 0 radical (unpaired) electrons. The van der Waals surface area contributed by atoms with Gasteiger partial charge in [-0.05, 0) is 35.9 Å². The number of hydrogen-bond donors (Lipinski definition) is 1. The molecule has 0 saturated carbocycles. The van der Waals surface area contributed by atoms with E-state index >= 15 is 0 Å². The Hall–Kier alpha value is -2.20. The van der Waals surface area contributed by atoms with Crippen molar-refractivity contribution >= 4 is 5.97 Å². The Kier molecular flexibility index (Phi) is 2.61. The summed E-state index contributed by atoms with van der Waals surface area (Å²) in [5.74, 6) is -2.72. The minimum atomic E-state index is -1.74.